The molecule has 2 aromatic heterocycles. The molecule has 2 aliphatic heterocycles. The summed E-state index contributed by atoms with van der Waals surface area (Å²) in [4.78, 5) is 27.1. The summed E-state index contributed by atoms with van der Waals surface area (Å²) in [5.41, 5.74) is 2.74. The van der Waals surface area contributed by atoms with E-state index in [1.54, 1.807) is 6.20 Å². The summed E-state index contributed by atoms with van der Waals surface area (Å²) in [6, 6.07) is 3.88. The molecule has 2 atom stereocenters. The first-order valence-electron chi connectivity index (χ1n) is 8.86. The van der Waals surface area contributed by atoms with E-state index in [-0.39, 0.29) is 19.5 Å². The second-order valence-corrected chi connectivity index (χ2v) is 6.69. The topological polar surface area (TPSA) is 91.7 Å². The lowest BCUT2D eigenvalue weighted by Crippen LogP contribution is -2.48. The zero-order chi connectivity index (χ0) is 19.0. The molecule has 0 aliphatic carbocycles. The van der Waals surface area contributed by atoms with Crippen LogP contribution in [-0.2, 0) is 6.42 Å². The Morgan fingerprint density at radius 2 is 2.19 bits per heavy atom. The van der Waals surface area contributed by atoms with Gasteiger partial charge in [-0.3, -0.25) is 4.98 Å². The van der Waals surface area contributed by atoms with Crippen LogP contribution in [0.2, 0.25) is 0 Å². The number of ether oxygens (including phenoxy) is 1. The third-order valence-corrected chi connectivity index (χ3v) is 5.01. The van der Waals surface area contributed by atoms with E-state index in [1.807, 2.05) is 19.1 Å². The van der Waals surface area contributed by atoms with E-state index in [9.17, 15) is 9.18 Å². The summed E-state index contributed by atoms with van der Waals surface area (Å²) in [5, 5.41) is 9.00. The number of pyridine rings is 1. The average Bonchev–Trinajstić information content (AvgIpc) is 3.09. The van der Waals surface area contributed by atoms with Crippen LogP contribution < -0.4 is 9.64 Å². The molecule has 2 aromatic rings. The lowest BCUT2D eigenvalue weighted by atomic mass is 10.1. The number of aromatic nitrogens is 3. The Morgan fingerprint density at radius 3 is 2.96 bits per heavy atom. The van der Waals surface area contributed by atoms with Crippen molar-refractivity contribution in [2.75, 3.05) is 24.5 Å². The quantitative estimate of drug-likeness (QED) is 0.883. The number of amides is 1. The van der Waals surface area contributed by atoms with Gasteiger partial charge in [0.1, 0.15) is 18.2 Å². The molecule has 9 heteroatoms. The third-order valence-electron chi connectivity index (χ3n) is 5.01. The fraction of sp³-hybridized carbons (Fsp3) is 0.444. The summed E-state index contributed by atoms with van der Waals surface area (Å²) in [6.45, 7) is 2.65. The maximum atomic E-state index is 14.4. The second-order valence-electron chi connectivity index (χ2n) is 6.69. The van der Waals surface area contributed by atoms with Crippen molar-refractivity contribution < 1.29 is 19.0 Å². The zero-order valence-corrected chi connectivity index (χ0v) is 14.9. The first-order chi connectivity index (χ1) is 13.0. The maximum absolute atomic E-state index is 14.4. The molecule has 4 heterocycles. The highest BCUT2D eigenvalue weighted by Gasteiger charge is 2.34. The Kier molecular flexibility index (Phi) is 4.51. The van der Waals surface area contributed by atoms with Crippen LogP contribution in [0.15, 0.2) is 24.7 Å². The molecule has 0 bridgehead atoms. The van der Waals surface area contributed by atoms with E-state index in [2.05, 4.69) is 19.9 Å². The summed E-state index contributed by atoms with van der Waals surface area (Å²) in [7, 11) is 0. The van der Waals surface area contributed by atoms with Crippen molar-refractivity contribution in [3.8, 4) is 5.88 Å². The van der Waals surface area contributed by atoms with Crippen LogP contribution in [-0.4, -0.2) is 63.0 Å². The minimum Gasteiger partial charge on any atom is -0.471 e. The summed E-state index contributed by atoms with van der Waals surface area (Å²) < 4.78 is 20.2. The summed E-state index contributed by atoms with van der Waals surface area (Å²) >= 11 is 0. The van der Waals surface area contributed by atoms with Crippen molar-refractivity contribution in [2.24, 2.45) is 0 Å². The summed E-state index contributed by atoms with van der Waals surface area (Å²) in [5.74, 6) is 1.04. The van der Waals surface area contributed by atoms with Crippen LogP contribution in [0.5, 0.6) is 5.88 Å². The number of anilines is 2. The third kappa shape index (κ3) is 3.24. The zero-order valence-electron chi connectivity index (χ0n) is 14.9. The van der Waals surface area contributed by atoms with Crippen LogP contribution >= 0.6 is 0 Å². The average molecular weight is 373 g/mol. The monoisotopic (exact) mass is 373 g/mol. The predicted octanol–water partition coefficient (Wildman–Crippen LogP) is 2.34. The molecule has 0 spiro atoms. The number of carbonyl (C=O) groups is 1. The highest BCUT2D eigenvalue weighted by atomic mass is 19.1. The van der Waals surface area contributed by atoms with Gasteiger partial charge in [0.15, 0.2) is 6.17 Å². The number of rotatable bonds is 3. The Morgan fingerprint density at radius 1 is 1.33 bits per heavy atom. The fourth-order valence-electron chi connectivity index (χ4n) is 3.58. The highest BCUT2D eigenvalue weighted by Crippen LogP contribution is 2.36. The Hall–Kier alpha value is -2.97. The molecule has 27 heavy (non-hydrogen) atoms. The number of carboxylic acid groups (broad SMARTS) is 1. The van der Waals surface area contributed by atoms with Gasteiger partial charge in [0.25, 0.3) is 0 Å². The minimum atomic E-state index is -1.40. The first-order valence-corrected chi connectivity index (χ1v) is 8.86. The molecule has 0 unspecified atom stereocenters. The Balaban J connectivity index is 1.54. The van der Waals surface area contributed by atoms with Gasteiger partial charge in [-0.2, -0.15) is 0 Å². The normalized spacial score (nSPS) is 21.9. The van der Waals surface area contributed by atoms with E-state index in [0.29, 0.717) is 11.7 Å². The number of hydrogen-bond acceptors (Lipinski definition) is 6. The van der Waals surface area contributed by atoms with Crippen molar-refractivity contribution >= 4 is 17.6 Å². The standard InChI is InChI=1S/C18H20FN5O3/c1-11-16(24-8-4-13-14(24)3-2-6-20-13)21-10-22-17(11)27-15-5-7-23(18(25)26)9-12(15)19/h2-3,6,10,12,15H,4-5,7-9H2,1H3,(H,25,26)/t12-,15+/m0/s1. The lowest BCUT2D eigenvalue weighted by molar-refractivity contribution is 0.0222. The largest absolute Gasteiger partial charge is 0.471 e. The summed E-state index contributed by atoms with van der Waals surface area (Å²) in [6.07, 6.45) is 1.05. The Bertz CT molecular complexity index is 865. The van der Waals surface area contributed by atoms with Crippen LogP contribution in [0.4, 0.5) is 20.7 Å². The van der Waals surface area contributed by atoms with Crippen molar-refractivity contribution in [3.63, 3.8) is 0 Å². The van der Waals surface area contributed by atoms with Gasteiger partial charge in [-0.15, -0.1) is 0 Å². The number of nitrogens with zero attached hydrogens (tertiary/aromatic N) is 5. The predicted molar refractivity (Wildman–Crippen MR) is 95.2 cm³/mol. The molecular weight excluding hydrogens is 353 g/mol. The van der Waals surface area contributed by atoms with Gasteiger partial charge < -0.3 is 19.6 Å². The first kappa shape index (κ1) is 17.4. The van der Waals surface area contributed by atoms with Gasteiger partial charge in [-0.05, 0) is 19.1 Å². The molecule has 0 saturated carbocycles. The SMILES string of the molecule is Cc1c(O[C@@H]2CCN(C(=O)O)C[C@@H]2F)ncnc1N1CCc2ncccc21. The van der Waals surface area contributed by atoms with E-state index < -0.39 is 18.4 Å². The molecule has 1 N–H and O–H groups in total. The molecule has 4 rings (SSSR count). The molecule has 1 saturated heterocycles. The maximum Gasteiger partial charge on any atom is 0.407 e. The van der Waals surface area contributed by atoms with Crippen LogP contribution in [0, 0.1) is 6.92 Å². The molecule has 0 aromatic carbocycles. The number of likely N-dealkylation sites (tertiary alicyclic amines) is 1. The molecule has 1 amide bonds. The fourth-order valence-corrected chi connectivity index (χ4v) is 3.58. The van der Waals surface area contributed by atoms with Crippen molar-refractivity contribution in [3.05, 3.63) is 35.9 Å². The Labute approximate surface area is 155 Å². The van der Waals surface area contributed by atoms with Gasteiger partial charge in [0, 0.05) is 32.1 Å². The molecular formula is C18H20FN5O3. The van der Waals surface area contributed by atoms with Crippen molar-refractivity contribution in [2.45, 2.75) is 32.0 Å². The second kappa shape index (κ2) is 6.98. The van der Waals surface area contributed by atoms with E-state index in [4.69, 9.17) is 9.84 Å². The van der Waals surface area contributed by atoms with Crippen molar-refractivity contribution in [1.29, 1.82) is 0 Å². The van der Waals surface area contributed by atoms with Crippen molar-refractivity contribution in [1.82, 2.24) is 19.9 Å². The van der Waals surface area contributed by atoms with E-state index >= 15 is 0 Å². The molecule has 1 fully saturated rings. The number of piperidine rings is 1. The van der Waals surface area contributed by atoms with Gasteiger partial charge in [-0.1, -0.05) is 0 Å². The molecule has 0 radical (unpaired) electrons. The van der Waals surface area contributed by atoms with Gasteiger partial charge in [-0.25, -0.2) is 19.2 Å². The molecule has 8 nitrogen and oxygen atoms in total. The van der Waals surface area contributed by atoms with Gasteiger partial charge in [0.05, 0.1) is 23.5 Å². The van der Waals surface area contributed by atoms with Gasteiger partial charge >= 0.3 is 6.09 Å². The highest BCUT2D eigenvalue weighted by molar-refractivity contribution is 5.68. The number of fused-ring (bicyclic) bond motifs is 1. The van der Waals surface area contributed by atoms with Crippen LogP contribution in [0.3, 0.4) is 0 Å². The number of hydrogen-bond donors (Lipinski definition) is 1. The molecule has 2 aliphatic rings. The van der Waals surface area contributed by atoms with Gasteiger partial charge in [0.2, 0.25) is 5.88 Å². The van der Waals surface area contributed by atoms with Crippen LogP contribution in [0.1, 0.15) is 17.7 Å². The lowest BCUT2D eigenvalue weighted by Gasteiger charge is -2.33. The van der Waals surface area contributed by atoms with E-state index in [0.717, 1.165) is 34.8 Å². The smallest absolute Gasteiger partial charge is 0.407 e. The number of halogens is 1. The number of alkyl halides is 1. The van der Waals surface area contributed by atoms with E-state index in [1.165, 1.54) is 6.33 Å². The molecule has 142 valence electrons. The minimum absolute atomic E-state index is 0.192. The van der Waals surface area contributed by atoms with Crippen LogP contribution in [0.25, 0.3) is 0 Å².